The second-order valence-corrected chi connectivity index (χ2v) is 3.84. The molecule has 2 heterocycles. The van der Waals surface area contributed by atoms with Crippen LogP contribution >= 0.6 is 0 Å². The Bertz CT molecular complexity index is 748. The zero-order chi connectivity index (χ0) is 13.2. The van der Waals surface area contributed by atoms with Crippen LogP contribution in [0.3, 0.4) is 0 Å². The molecule has 0 saturated heterocycles. The van der Waals surface area contributed by atoms with E-state index in [1.165, 1.54) is 0 Å². The Balaban J connectivity index is 1.98. The zero-order valence-electron chi connectivity index (χ0n) is 9.75. The maximum absolute atomic E-state index is 13.4. The highest BCUT2D eigenvalue weighted by Gasteiger charge is 2.08. The summed E-state index contributed by atoms with van der Waals surface area (Å²) in [7, 11) is 0. The Morgan fingerprint density at radius 3 is 2.95 bits per heavy atom. The molecule has 0 radical (unpaired) electrons. The number of hydrogen-bond acceptors (Lipinski definition) is 5. The Hall–Kier alpha value is -2.76. The van der Waals surface area contributed by atoms with Crippen LogP contribution in [0.4, 0.5) is 10.3 Å². The van der Waals surface area contributed by atoms with Crippen molar-refractivity contribution < 1.29 is 9.13 Å². The summed E-state index contributed by atoms with van der Waals surface area (Å²) in [5.41, 5.74) is 6.14. The predicted molar refractivity (Wildman–Crippen MR) is 68.2 cm³/mol. The van der Waals surface area contributed by atoms with Crippen LogP contribution in [0, 0.1) is 5.82 Å². The number of rotatable bonds is 2. The maximum atomic E-state index is 13.4. The largest absolute Gasteiger partial charge is 0.436 e. The normalized spacial score (nSPS) is 10.6. The minimum absolute atomic E-state index is 0.0460. The van der Waals surface area contributed by atoms with E-state index in [1.54, 1.807) is 18.3 Å². The van der Waals surface area contributed by atoms with E-state index in [2.05, 4.69) is 15.0 Å². The number of hydrogen-bond donors (Lipinski definition) is 1. The standard InChI is InChI=1S/C13H9FN4O/c14-10-7-17-13(15)18-12(10)19-9-4-3-8-2-1-5-16-11(8)6-9/h1-7H,(H2,15,17,18). The van der Waals surface area contributed by atoms with Crippen molar-refractivity contribution in [1.29, 1.82) is 0 Å². The summed E-state index contributed by atoms with van der Waals surface area (Å²) in [5.74, 6) is -0.489. The van der Waals surface area contributed by atoms with Crippen molar-refractivity contribution in [2.45, 2.75) is 0 Å². The summed E-state index contributed by atoms with van der Waals surface area (Å²) in [6, 6.07) is 9.01. The molecule has 0 atom stereocenters. The summed E-state index contributed by atoms with van der Waals surface area (Å²) >= 11 is 0. The molecule has 0 spiro atoms. The molecule has 0 aliphatic rings. The number of fused-ring (bicyclic) bond motifs is 1. The van der Waals surface area contributed by atoms with Gasteiger partial charge in [0.25, 0.3) is 5.88 Å². The highest BCUT2D eigenvalue weighted by molar-refractivity contribution is 5.79. The van der Waals surface area contributed by atoms with E-state index in [0.29, 0.717) is 5.75 Å². The van der Waals surface area contributed by atoms with E-state index in [4.69, 9.17) is 10.5 Å². The molecule has 0 fully saturated rings. The lowest BCUT2D eigenvalue weighted by Gasteiger charge is -2.06. The number of pyridine rings is 1. The lowest BCUT2D eigenvalue weighted by Crippen LogP contribution is -1.99. The molecule has 94 valence electrons. The van der Waals surface area contributed by atoms with E-state index in [0.717, 1.165) is 17.1 Å². The summed E-state index contributed by atoms with van der Waals surface area (Å²) < 4.78 is 18.8. The van der Waals surface area contributed by atoms with Crippen molar-refractivity contribution in [3.8, 4) is 11.6 Å². The number of ether oxygens (including phenoxy) is 1. The van der Waals surface area contributed by atoms with Crippen LogP contribution in [-0.2, 0) is 0 Å². The van der Waals surface area contributed by atoms with Gasteiger partial charge < -0.3 is 10.5 Å². The quantitative estimate of drug-likeness (QED) is 0.762. The fraction of sp³-hybridized carbons (Fsp3) is 0. The SMILES string of the molecule is Nc1ncc(F)c(Oc2ccc3cccnc3c2)n1. The molecule has 5 nitrogen and oxygen atoms in total. The third-order valence-electron chi connectivity index (χ3n) is 2.52. The monoisotopic (exact) mass is 256 g/mol. The number of halogens is 1. The molecular weight excluding hydrogens is 247 g/mol. The number of nitrogen functional groups attached to an aromatic ring is 1. The Labute approximate surface area is 107 Å². The molecule has 0 bridgehead atoms. The molecule has 6 heteroatoms. The van der Waals surface area contributed by atoms with Crippen LogP contribution in [0.2, 0.25) is 0 Å². The molecule has 2 aromatic heterocycles. The average Bonchev–Trinajstić information content (AvgIpc) is 2.43. The van der Waals surface area contributed by atoms with Crippen molar-refractivity contribution in [1.82, 2.24) is 15.0 Å². The number of nitrogens with two attached hydrogens (primary N) is 1. The lowest BCUT2D eigenvalue weighted by atomic mass is 10.2. The summed E-state index contributed by atoms with van der Waals surface area (Å²) in [4.78, 5) is 11.4. The Morgan fingerprint density at radius 1 is 1.16 bits per heavy atom. The number of nitrogens with zero attached hydrogens (tertiary/aromatic N) is 3. The van der Waals surface area contributed by atoms with E-state index < -0.39 is 5.82 Å². The molecule has 2 N–H and O–H groups in total. The first-order valence-corrected chi connectivity index (χ1v) is 5.53. The summed E-state index contributed by atoms with van der Waals surface area (Å²) in [6.45, 7) is 0. The molecule has 1 aromatic carbocycles. The molecule has 0 aliphatic heterocycles. The zero-order valence-corrected chi connectivity index (χ0v) is 9.75. The third-order valence-corrected chi connectivity index (χ3v) is 2.52. The second kappa shape index (κ2) is 4.49. The van der Waals surface area contributed by atoms with Gasteiger partial charge in [-0.3, -0.25) is 4.98 Å². The third kappa shape index (κ3) is 2.28. The number of aromatic nitrogens is 3. The molecule has 19 heavy (non-hydrogen) atoms. The summed E-state index contributed by atoms with van der Waals surface area (Å²) in [6.07, 6.45) is 2.65. The second-order valence-electron chi connectivity index (χ2n) is 3.84. The van der Waals surface area contributed by atoms with Crippen molar-refractivity contribution in [2.24, 2.45) is 0 Å². The van der Waals surface area contributed by atoms with Gasteiger partial charge in [0.1, 0.15) is 5.75 Å². The lowest BCUT2D eigenvalue weighted by molar-refractivity contribution is 0.421. The van der Waals surface area contributed by atoms with Gasteiger partial charge in [-0.05, 0) is 18.2 Å². The Kier molecular flexibility index (Phi) is 2.68. The van der Waals surface area contributed by atoms with Gasteiger partial charge in [0.2, 0.25) is 11.8 Å². The molecule has 0 amide bonds. The van der Waals surface area contributed by atoms with Gasteiger partial charge in [0, 0.05) is 17.6 Å². The van der Waals surface area contributed by atoms with Gasteiger partial charge in [0.05, 0.1) is 11.7 Å². The highest BCUT2D eigenvalue weighted by Crippen LogP contribution is 2.25. The van der Waals surface area contributed by atoms with Crippen molar-refractivity contribution in [3.05, 3.63) is 48.5 Å². The van der Waals surface area contributed by atoms with Gasteiger partial charge in [0.15, 0.2) is 0 Å². The van der Waals surface area contributed by atoms with Crippen LogP contribution < -0.4 is 10.5 Å². The molecule has 0 aliphatic carbocycles. The minimum Gasteiger partial charge on any atom is -0.436 e. The molecule has 3 aromatic rings. The highest BCUT2D eigenvalue weighted by atomic mass is 19.1. The fourth-order valence-electron chi connectivity index (χ4n) is 1.66. The molecule has 0 unspecified atom stereocenters. The van der Waals surface area contributed by atoms with Crippen molar-refractivity contribution in [2.75, 3.05) is 5.73 Å². The van der Waals surface area contributed by atoms with E-state index in [-0.39, 0.29) is 11.8 Å². The Morgan fingerprint density at radius 2 is 2.05 bits per heavy atom. The van der Waals surface area contributed by atoms with Crippen molar-refractivity contribution >= 4 is 16.9 Å². The summed E-state index contributed by atoms with van der Waals surface area (Å²) in [5, 5.41) is 0.970. The molecule has 3 rings (SSSR count). The van der Waals surface area contributed by atoms with E-state index in [9.17, 15) is 4.39 Å². The molecular formula is C13H9FN4O. The van der Waals surface area contributed by atoms with Crippen LogP contribution in [-0.4, -0.2) is 15.0 Å². The van der Waals surface area contributed by atoms with E-state index >= 15 is 0 Å². The first kappa shape index (κ1) is 11.3. The minimum atomic E-state index is -0.671. The first-order chi connectivity index (χ1) is 9.22. The number of anilines is 1. The molecule has 0 saturated carbocycles. The van der Waals surface area contributed by atoms with Gasteiger partial charge in [-0.1, -0.05) is 6.07 Å². The maximum Gasteiger partial charge on any atom is 0.260 e. The van der Waals surface area contributed by atoms with E-state index in [1.807, 2.05) is 18.2 Å². The fourth-order valence-corrected chi connectivity index (χ4v) is 1.66. The van der Waals surface area contributed by atoms with Gasteiger partial charge in [-0.25, -0.2) is 4.98 Å². The van der Waals surface area contributed by atoms with Crippen LogP contribution in [0.5, 0.6) is 11.6 Å². The van der Waals surface area contributed by atoms with Crippen LogP contribution in [0.15, 0.2) is 42.7 Å². The average molecular weight is 256 g/mol. The van der Waals surface area contributed by atoms with Crippen LogP contribution in [0.25, 0.3) is 10.9 Å². The first-order valence-electron chi connectivity index (χ1n) is 5.53. The topological polar surface area (TPSA) is 73.9 Å². The van der Waals surface area contributed by atoms with Crippen LogP contribution in [0.1, 0.15) is 0 Å². The predicted octanol–water partition coefficient (Wildman–Crippen LogP) is 2.54. The van der Waals surface area contributed by atoms with Crippen molar-refractivity contribution in [3.63, 3.8) is 0 Å². The van der Waals surface area contributed by atoms with Gasteiger partial charge in [-0.15, -0.1) is 0 Å². The van der Waals surface area contributed by atoms with Gasteiger partial charge >= 0.3 is 0 Å². The van der Waals surface area contributed by atoms with Gasteiger partial charge in [-0.2, -0.15) is 9.37 Å². The smallest absolute Gasteiger partial charge is 0.260 e. The number of benzene rings is 1.